The number of amides is 1. The summed E-state index contributed by atoms with van der Waals surface area (Å²) in [7, 11) is -1.99. The van der Waals surface area contributed by atoms with Gasteiger partial charge in [0.15, 0.2) is 9.84 Å². The fraction of sp³-hybridized carbons (Fsp3) is 0.318. The third-order valence-electron chi connectivity index (χ3n) is 5.57. The van der Waals surface area contributed by atoms with Gasteiger partial charge in [-0.15, -0.1) is 0 Å². The van der Waals surface area contributed by atoms with Gasteiger partial charge in [0.1, 0.15) is 5.75 Å². The first kappa shape index (κ1) is 19.5. The minimum Gasteiger partial charge on any atom is -0.497 e. The first-order chi connectivity index (χ1) is 13.9. The number of aromatic amines is 1. The number of carbonyl (C=O) groups excluding carboxylic acids is 1. The van der Waals surface area contributed by atoms with E-state index in [1.807, 2.05) is 6.07 Å². The summed E-state index contributed by atoms with van der Waals surface area (Å²) in [5, 5.41) is 1.14. The van der Waals surface area contributed by atoms with Crippen LogP contribution in [-0.4, -0.2) is 43.6 Å². The maximum absolute atomic E-state index is 12.7. The first-order valence-corrected chi connectivity index (χ1v) is 11.3. The van der Waals surface area contributed by atoms with Gasteiger partial charge in [0, 0.05) is 48.1 Å². The van der Waals surface area contributed by atoms with Crippen LogP contribution in [0.2, 0.25) is 0 Å². The Morgan fingerprint density at radius 1 is 1.17 bits per heavy atom. The minimum absolute atomic E-state index is 0.0227. The second kappa shape index (κ2) is 7.55. The quantitative estimate of drug-likeness (QED) is 0.698. The zero-order chi connectivity index (χ0) is 20.6. The highest BCUT2D eigenvalue weighted by molar-refractivity contribution is 7.91. The van der Waals surface area contributed by atoms with Gasteiger partial charge in [0.2, 0.25) is 5.91 Å². The lowest BCUT2D eigenvalue weighted by atomic mass is 10.0. The van der Waals surface area contributed by atoms with Crippen molar-refractivity contribution < 1.29 is 17.9 Å². The summed E-state index contributed by atoms with van der Waals surface area (Å²) in [6.07, 6.45) is 0.728. The highest BCUT2D eigenvalue weighted by Crippen LogP contribution is 2.29. The molecule has 0 saturated heterocycles. The van der Waals surface area contributed by atoms with Gasteiger partial charge in [-0.3, -0.25) is 4.79 Å². The maximum atomic E-state index is 12.7. The van der Waals surface area contributed by atoms with Crippen LogP contribution in [0.5, 0.6) is 5.75 Å². The van der Waals surface area contributed by atoms with E-state index in [-0.39, 0.29) is 23.0 Å². The van der Waals surface area contributed by atoms with E-state index in [0.717, 1.165) is 22.9 Å². The van der Waals surface area contributed by atoms with Crippen LogP contribution in [0, 0.1) is 6.92 Å². The Hall–Kier alpha value is -2.80. The van der Waals surface area contributed by atoms with E-state index in [4.69, 9.17) is 4.74 Å². The summed E-state index contributed by atoms with van der Waals surface area (Å²) in [4.78, 5) is 18.2. The normalized spacial score (nSPS) is 14.1. The number of nitrogens with one attached hydrogen (secondary N) is 1. The van der Waals surface area contributed by atoms with E-state index in [2.05, 4.69) is 24.0 Å². The Balaban J connectivity index is 1.45. The molecular formula is C22H24N2O4S. The molecule has 4 rings (SSSR count). The van der Waals surface area contributed by atoms with Crippen LogP contribution in [0.15, 0.2) is 47.4 Å². The third-order valence-corrected chi connectivity index (χ3v) is 7.31. The average Bonchev–Trinajstić information content (AvgIpc) is 3.11. The van der Waals surface area contributed by atoms with E-state index in [0.29, 0.717) is 18.8 Å². The lowest BCUT2D eigenvalue weighted by Crippen LogP contribution is -2.36. The van der Waals surface area contributed by atoms with Crippen molar-refractivity contribution in [1.29, 1.82) is 0 Å². The Kier molecular flexibility index (Phi) is 5.08. The van der Waals surface area contributed by atoms with Crippen molar-refractivity contribution in [1.82, 2.24) is 9.88 Å². The number of nitrogens with zero attached hydrogens (tertiary/aromatic N) is 1. The summed E-state index contributed by atoms with van der Waals surface area (Å²) in [6, 6.07) is 12.4. The first-order valence-electron chi connectivity index (χ1n) is 9.62. The topological polar surface area (TPSA) is 79.5 Å². The van der Waals surface area contributed by atoms with Crippen molar-refractivity contribution in [3.8, 4) is 5.75 Å². The molecule has 1 N–H and O–H groups in total. The monoisotopic (exact) mass is 412 g/mol. The summed E-state index contributed by atoms with van der Waals surface area (Å²) in [5.41, 5.74) is 4.61. The van der Waals surface area contributed by atoms with Gasteiger partial charge in [-0.05, 0) is 36.8 Å². The van der Waals surface area contributed by atoms with Crippen molar-refractivity contribution in [2.75, 3.05) is 19.4 Å². The lowest BCUT2D eigenvalue weighted by Gasteiger charge is -2.27. The Bertz CT molecular complexity index is 1160. The van der Waals surface area contributed by atoms with E-state index < -0.39 is 9.84 Å². The number of sulfone groups is 1. The van der Waals surface area contributed by atoms with Gasteiger partial charge in [-0.2, -0.15) is 0 Å². The van der Waals surface area contributed by atoms with E-state index in [1.165, 1.54) is 30.5 Å². The van der Waals surface area contributed by atoms with E-state index in [1.54, 1.807) is 17.0 Å². The molecule has 1 aromatic heterocycles. The largest absolute Gasteiger partial charge is 0.497 e. The SMILES string of the molecule is COc1ccc(S(=O)(=O)CCC(=O)N2CCc3[nH]c4c(C)cccc4c3C2)cc1. The average molecular weight is 413 g/mol. The van der Waals surface area contributed by atoms with Gasteiger partial charge in [0.05, 0.1) is 17.8 Å². The number of hydrogen-bond donors (Lipinski definition) is 1. The number of hydrogen-bond acceptors (Lipinski definition) is 4. The molecule has 1 aliphatic rings. The number of ether oxygens (including phenoxy) is 1. The molecule has 6 nitrogen and oxygen atoms in total. The molecular weight excluding hydrogens is 388 g/mol. The Morgan fingerprint density at radius 3 is 2.66 bits per heavy atom. The van der Waals surface area contributed by atoms with Crippen LogP contribution in [0.3, 0.4) is 0 Å². The van der Waals surface area contributed by atoms with E-state index >= 15 is 0 Å². The molecule has 0 fully saturated rings. The zero-order valence-electron chi connectivity index (χ0n) is 16.6. The molecule has 1 aliphatic heterocycles. The van der Waals surface area contributed by atoms with Crippen LogP contribution in [-0.2, 0) is 27.6 Å². The zero-order valence-corrected chi connectivity index (χ0v) is 17.4. The number of rotatable bonds is 5. The highest BCUT2D eigenvalue weighted by Gasteiger charge is 2.25. The van der Waals surface area contributed by atoms with Crippen molar-refractivity contribution in [2.24, 2.45) is 0 Å². The number of carbonyl (C=O) groups is 1. The van der Waals surface area contributed by atoms with Gasteiger partial charge in [0.25, 0.3) is 0 Å². The number of para-hydroxylation sites is 1. The summed E-state index contributed by atoms with van der Waals surface area (Å²) < 4.78 is 30.2. The summed E-state index contributed by atoms with van der Waals surface area (Å²) in [6.45, 7) is 3.18. The number of H-pyrrole nitrogens is 1. The highest BCUT2D eigenvalue weighted by atomic mass is 32.2. The van der Waals surface area contributed by atoms with Crippen LogP contribution in [0.25, 0.3) is 10.9 Å². The van der Waals surface area contributed by atoms with E-state index in [9.17, 15) is 13.2 Å². The van der Waals surface area contributed by atoms with Gasteiger partial charge in [-0.1, -0.05) is 18.2 Å². The molecule has 152 valence electrons. The molecule has 0 unspecified atom stereocenters. The van der Waals surface area contributed by atoms with Crippen LogP contribution in [0.4, 0.5) is 0 Å². The van der Waals surface area contributed by atoms with Gasteiger partial charge in [-0.25, -0.2) is 8.42 Å². The molecule has 2 heterocycles. The molecule has 0 saturated carbocycles. The van der Waals surface area contributed by atoms with Crippen molar-refractivity contribution in [3.05, 3.63) is 59.3 Å². The van der Waals surface area contributed by atoms with Crippen molar-refractivity contribution in [2.45, 2.75) is 31.2 Å². The van der Waals surface area contributed by atoms with Crippen molar-refractivity contribution in [3.63, 3.8) is 0 Å². The Labute approximate surface area is 170 Å². The van der Waals surface area contributed by atoms with Gasteiger partial charge < -0.3 is 14.6 Å². The maximum Gasteiger partial charge on any atom is 0.223 e. The second-order valence-corrected chi connectivity index (χ2v) is 9.50. The van der Waals surface area contributed by atoms with Crippen LogP contribution < -0.4 is 4.74 Å². The molecule has 0 bridgehead atoms. The predicted molar refractivity (Wildman–Crippen MR) is 112 cm³/mol. The molecule has 29 heavy (non-hydrogen) atoms. The molecule has 0 radical (unpaired) electrons. The fourth-order valence-electron chi connectivity index (χ4n) is 3.88. The van der Waals surface area contributed by atoms with Gasteiger partial charge >= 0.3 is 0 Å². The third kappa shape index (κ3) is 3.74. The number of benzene rings is 2. The summed E-state index contributed by atoms with van der Waals surface area (Å²) in [5.74, 6) is 0.266. The molecule has 2 aromatic carbocycles. The lowest BCUT2D eigenvalue weighted by molar-refractivity contribution is -0.131. The van der Waals surface area contributed by atoms with Crippen molar-refractivity contribution >= 4 is 26.6 Å². The molecule has 7 heteroatoms. The number of aryl methyl sites for hydroxylation is 1. The fourth-order valence-corrected chi connectivity index (χ4v) is 5.11. The minimum atomic E-state index is -3.52. The standard InChI is InChI=1S/C22H24N2O4S/c1-15-4-3-5-18-19-14-24(12-10-20(19)23-22(15)18)21(25)11-13-29(26,27)17-8-6-16(28-2)7-9-17/h3-9,23H,10-14H2,1-2H3. The predicted octanol–water partition coefficient (Wildman–Crippen LogP) is 3.23. The second-order valence-electron chi connectivity index (χ2n) is 7.39. The number of aromatic nitrogens is 1. The number of fused-ring (bicyclic) bond motifs is 3. The molecule has 0 aliphatic carbocycles. The Morgan fingerprint density at radius 2 is 1.93 bits per heavy atom. The smallest absolute Gasteiger partial charge is 0.223 e. The van der Waals surface area contributed by atoms with Crippen LogP contribution in [0.1, 0.15) is 23.2 Å². The van der Waals surface area contributed by atoms with Crippen LogP contribution >= 0.6 is 0 Å². The molecule has 3 aromatic rings. The summed E-state index contributed by atoms with van der Waals surface area (Å²) >= 11 is 0. The molecule has 0 atom stereocenters. The molecule has 0 spiro atoms. The molecule has 1 amide bonds. The number of methoxy groups -OCH3 is 1.